The van der Waals surface area contributed by atoms with Gasteiger partial charge in [0, 0.05) is 45.4 Å². The van der Waals surface area contributed by atoms with E-state index in [0.29, 0.717) is 36.1 Å². The van der Waals surface area contributed by atoms with Gasteiger partial charge in [-0.15, -0.1) is 12.3 Å². The topological polar surface area (TPSA) is 51.3 Å². The first-order chi connectivity index (χ1) is 18.5. The molecule has 0 spiro atoms. The monoisotopic (exact) mass is 545 g/mol. The van der Waals surface area contributed by atoms with Crippen LogP contribution in [0.3, 0.4) is 0 Å². The maximum atomic E-state index is 12.6. The zero-order chi connectivity index (χ0) is 26.5. The molecule has 4 aromatic rings. The quantitative estimate of drug-likeness (QED) is 0.0795. The largest absolute Gasteiger partial charge is 0.493 e. The first-order valence-corrected chi connectivity index (χ1v) is 13.7. The molecule has 2 atom stereocenters. The second-order valence-corrected chi connectivity index (χ2v) is 10.6. The Balaban J connectivity index is 1.36. The number of ether oxygens (including phenoxy) is 2. The predicted octanol–water partition coefficient (Wildman–Crippen LogP) is 8.35. The van der Waals surface area contributed by atoms with Crippen molar-refractivity contribution in [2.24, 2.45) is 5.92 Å². The third kappa shape index (κ3) is 6.18. The number of esters is 1. The van der Waals surface area contributed by atoms with Gasteiger partial charge < -0.3 is 14.5 Å². The summed E-state index contributed by atoms with van der Waals surface area (Å²) in [5, 5.41) is 2.52. The van der Waals surface area contributed by atoms with Crippen LogP contribution < -0.4 is 9.47 Å². The molecule has 2 unspecified atom stereocenters. The van der Waals surface area contributed by atoms with Crippen molar-refractivity contribution in [3.63, 3.8) is 0 Å². The van der Waals surface area contributed by atoms with Gasteiger partial charge in [-0.25, -0.2) is 0 Å². The fourth-order valence-corrected chi connectivity index (χ4v) is 5.62. The minimum atomic E-state index is -0.225. The van der Waals surface area contributed by atoms with Gasteiger partial charge in [0.1, 0.15) is 11.5 Å². The number of aromatic nitrogens is 1. The van der Waals surface area contributed by atoms with Crippen LogP contribution in [0, 0.1) is 18.3 Å². The van der Waals surface area contributed by atoms with Crippen molar-refractivity contribution in [1.82, 2.24) is 4.98 Å². The van der Waals surface area contributed by atoms with E-state index in [1.807, 2.05) is 18.2 Å². The molecule has 1 aliphatic carbocycles. The van der Waals surface area contributed by atoms with Gasteiger partial charge in [0.25, 0.3) is 0 Å². The van der Waals surface area contributed by atoms with E-state index in [-0.39, 0.29) is 11.9 Å². The first-order valence-electron chi connectivity index (χ1n) is 12.9. The Kier molecular flexibility index (Phi) is 8.27. The summed E-state index contributed by atoms with van der Waals surface area (Å²) in [6, 6.07) is 21.2. The van der Waals surface area contributed by atoms with Gasteiger partial charge >= 0.3 is 5.97 Å². The van der Waals surface area contributed by atoms with Crippen LogP contribution in [0.2, 0.25) is 10.0 Å². The van der Waals surface area contributed by atoms with E-state index in [0.717, 1.165) is 42.0 Å². The third-order valence-electron chi connectivity index (χ3n) is 7.22. The molecule has 194 valence electrons. The Morgan fingerprint density at radius 1 is 1.00 bits per heavy atom. The third-order valence-corrected chi connectivity index (χ3v) is 7.71. The lowest BCUT2D eigenvalue weighted by Crippen LogP contribution is -2.13. The van der Waals surface area contributed by atoms with Crippen LogP contribution >= 0.6 is 23.2 Å². The number of fused-ring (bicyclic) bond motifs is 3. The SMILES string of the molecule is C#CCCOc1ccc(C2CC(CCC(=O)Oc3ccc(Cl)cc3)CCc3c2[nH]c2ccc(Cl)cc32)cc1. The highest BCUT2D eigenvalue weighted by atomic mass is 35.5. The minimum Gasteiger partial charge on any atom is -0.493 e. The molecule has 3 aromatic carbocycles. The number of rotatable bonds is 8. The second kappa shape index (κ2) is 12.0. The lowest BCUT2D eigenvalue weighted by molar-refractivity contribution is -0.134. The normalized spacial score (nSPS) is 16.9. The zero-order valence-corrected chi connectivity index (χ0v) is 22.5. The summed E-state index contributed by atoms with van der Waals surface area (Å²) in [4.78, 5) is 16.3. The molecule has 5 rings (SSSR count). The lowest BCUT2D eigenvalue weighted by atomic mass is 9.85. The van der Waals surface area contributed by atoms with Crippen molar-refractivity contribution in [2.75, 3.05) is 6.61 Å². The number of H-pyrrole nitrogens is 1. The summed E-state index contributed by atoms with van der Waals surface area (Å²) in [5.41, 5.74) is 4.86. The Hall–Kier alpha value is -3.39. The molecule has 0 bridgehead atoms. The maximum absolute atomic E-state index is 12.6. The van der Waals surface area contributed by atoms with E-state index in [9.17, 15) is 4.79 Å². The van der Waals surface area contributed by atoms with Gasteiger partial charge in [0.2, 0.25) is 0 Å². The van der Waals surface area contributed by atoms with Crippen LogP contribution in [0.1, 0.15) is 54.8 Å². The molecule has 0 saturated heterocycles. The molecule has 1 heterocycles. The number of aromatic amines is 1. The van der Waals surface area contributed by atoms with Gasteiger partial charge in [-0.05, 0) is 97.3 Å². The molecule has 38 heavy (non-hydrogen) atoms. The summed E-state index contributed by atoms with van der Waals surface area (Å²) in [5.74, 6) is 4.22. The summed E-state index contributed by atoms with van der Waals surface area (Å²) < 4.78 is 11.3. The van der Waals surface area contributed by atoms with Crippen LogP contribution in [0.4, 0.5) is 0 Å². The fourth-order valence-electron chi connectivity index (χ4n) is 5.32. The number of aryl methyl sites for hydroxylation is 1. The highest BCUT2D eigenvalue weighted by Gasteiger charge is 2.29. The van der Waals surface area contributed by atoms with E-state index in [2.05, 4.69) is 35.2 Å². The van der Waals surface area contributed by atoms with Crippen molar-refractivity contribution < 1.29 is 14.3 Å². The van der Waals surface area contributed by atoms with Crippen molar-refractivity contribution >= 4 is 40.1 Å². The zero-order valence-electron chi connectivity index (χ0n) is 21.0. The van der Waals surface area contributed by atoms with E-state index in [4.69, 9.17) is 39.1 Å². The summed E-state index contributed by atoms with van der Waals surface area (Å²) in [6.07, 6.45) is 9.89. The van der Waals surface area contributed by atoms with Gasteiger partial charge in [0.05, 0.1) is 6.61 Å². The number of hydrogen-bond donors (Lipinski definition) is 1. The van der Waals surface area contributed by atoms with Gasteiger partial charge in [0.15, 0.2) is 0 Å². The number of halogens is 2. The maximum Gasteiger partial charge on any atom is 0.311 e. The summed E-state index contributed by atoms with van der Waals surface area (Å²) >= 11 is 12.3. The molecule has 0 radical (unpaired) electrons. The molecule has 1 N–H and O–H groups in total. The first kappa shape index (κ1) is 26.2. The number of carbonyl (C=O) groups is 1. The number of hydrogen-bond acceptors (Lipinski definition) is 3. The predicted molar refractivity (Wildman–Crippen MR) is 153 cm³/mol. The standard InChI is InChI=1S/C32H29Cl2NO3/c1-2-3-18-37-25-11-6-22(7-12-25)28-19-21(5-17-31(36)38-26-13-8-23(33)9-14-26)4-15-27-29-20-24(34)10-16-30(29)35-32(27)28/h1,6-14,16,20-21,28,35H,3-5,15,17-19H2. The van der Waals surface area contributed by atoms with Crippen LogP contribution in [0.5, 0.6) is 11.5 Å². The van der Waals surface area contributed by atoms with E-state index < -0.39 is 0 Å². The smallest absolute Gasteiger partial charge is 0.311 e. The van der Waals surface area contributed by atoms with Gasteiger partial charge in [-0.1, -0.05) is 35.3 Å². The van der Waals surface area contributed by atoms with Gasteiger partial charge in [-0.3, -0.25) is 4.79 Å². The molecular weight excluding hydrogens is 517 g/mol. The fraction of sp³-hybridized carbons (Fsp3) is 0.281. The number of benzene rings is 3. The number of terminal acetylenes is 1. The van der Waals surface area contributed by atoms with E-state index >= 15 is 0 Å². The van der Waals surface area contributed by atoms with Crippen LogP contribution in [0.25, 0.3) is 10.9 Å². The van der Waals surface area contributed by atoms with Crippen molar-refractivity contribution in [1.29, 1.82) is 0 Å². The van der Waals surface area contributed by atoms with Crippen LogP contribution in [-0.2, 0) is 11.2 Å². The van der Waals surface area contributed by atoms with Crippen molar-refractivity contribution in [2.45, 2.75) is 44.4 Å². The van der Waals surface area contributed by atoms with Gasteiger partial charge in [-0.2, -0.15) is 0 Å². The lowest BCUT2D eigenvalue weighted by Gasteiger charge is -2.21. The molecule has 0 aliphatic heterocycles. The van der Waals surface area contributed by atoms with E-state index in [1.165, 1.54) is 22.2 Å². The number of nitrogens with one attached hydrogen (secondary N) is 1. The van der Waals surface area contributed by atoms with Crippen LogP contribution in [-0.4, -0.2) is 17.6 Å². The van der Waals surface area contributed by atoms with Crippen molar-refractivity contribution in [3.8, 4) is 23.8 Å². The molecule has 0 fully saturated rings. The number of carbonyl (C=O) groups excluding carboxylic acids is 1. The van der Waals surface area contributed by atoms with E-state index in [1.54, 1.807) is 24.3 Å². The minimum absolute atomic E-state index is 0.163. The Morgan fingerprint density at radius 3 is 2.50 bits per heavy atom. The molecule has 1 aliphatic rings. The average Bonchev–Trinajstić information content (AvgIpc) is 3.17. The summed E-state index contributed by atoms with van der Waals surface area (Å²) in [6.45, 7) is 0.500. The molecular formula is C32H29Cl2NO3. The van der Waals surface area contributed by atoms with Crippen LogP contribution in [0.15, 0.2) is 66.7 Å². The highest BCUT2D eigenvalue weighted by molar-refractivity contribution is 6.31. The Bertz CT molecular complexity index is 1450. The Labute approximate surface area is 233 Å². The molecule has 1 aromatic heterocycles. The molecule has 0 amide bonds. The average molecular weight is 546 g/mol. The Morgan fingerprint density at radius 2 is 1.74 bits per heavy atom. The highest BCUT2D eigenvalue weighted by Crippen LogP contribution is 2.42. The summed E-state index contributed by atoms with van der Waals surface area (Å²) in [7, 11) is 0. The van der Waals surface area contributed by atoms with Crippen molar-refractivity contribution in [3.05, 3.63) is 93.6 Å². The second-order valence-electron chi connectivity index (χ2n) is 9.74. The molecule has 0 saturated carbocycles. The molecule has 6 heteroatoms. The molecule has 4 nitrogen and oxygen atoms in total.